The molecule has 2 aliphatic heterocycles. The van der Waals surface area contributed by atoms with Gasteiger partial charge < -0.3 is 9.47 Å². The highest BCUT2D eigenvalue weighted by Gasteiger charge is 2.54. The van der Waals surface area contributed by atoms with Crippen molar-refractivity contribution in [2.24, 2.45) is 0 Å². The van der Waals surface area contributed by atoms with E-state index in [-0.39, 0.29) is 17.0 Å². The van der Waals surface area contributed by atoms with Gasteiger partial charge >= 0.3 is 0 Å². The monoisotopic (exact) mass is 352 g/mol. The first-order chi connectivity index (χ1) is 11.5. The van der Waals surface area contributed by atoms with E-state index in [9.17, 15) is 8.42 Å². The average Bonchev–Trinajstić information content (AvgIpc) is 3.36. The van der Waals surface area contributed by atoms with Crippen LogP contribution in [0.25, 0.3) is 0 Å². The van der Waals surface area contributed by atoms with Crippen LogP contribution in [0.5, 0.6) is 0 Å². The maximum Gasteiger partial charge on any atom is 0.217 e. The quantitative estimate of drug-likeness (QED) is 0.806. The minimum Gasteiger partial charge on any atom is -0.373 e. The van der Waals surface area contributed by atoms with Gasteiger partial charge in [-0.15, -0.1) is 0 Å². The van der Waals surface area contributed by atoms with Crippen molar-refractivity contribution in [1.29, 1.82) is 0 Å². The molecule has 132 valence electrons. The maximum absolute atomic E-state index is 12.3. The molecule has 3 heterocycles. The highest BCUT2D eigenvalue weighted by Crippen LogP contribution is 2.41. The van der Waals surface area contributed by atoms with Gasteiger partial charge in [0.15, 0.2) is 0 Å². The van der Waals surface area contributed by atoms with Crippen molar-refractivity contribution in [2.45, 2.75) is 56.2 Å². The van der Waals surface area contributed by atoms with Crippen LogP contribution in [-0.2, 0) is 26.1 Å². The summed E-state index contributed by atoms with van der Waals surface area (Å²) in [5, 5.41) is -0.140. The van der Waals surface area contributed by atoms with Gasteiger partial charge in [0, 0.05) is 38.5 Å². The first-order valence-electron chi connectivity index (χ1n) is 8.62. The Kier molecular flexibility index (Phi) is 4.15. The molecule has 1 aromatic rings. The topological polar surface area (TPSA) is 68.7 Å². The van der Waals surface area contributed by atoms with E-state index in [1.165, 1.54) is 0 Å². The molecule has 7 heteroatoms. The summed E-state index contributed by atoms with van der Waals surface area (Å²) in [6.45, 7) is 4.16. The fourth-order valence-electron chi connectivity index (χ4n) is 3.61. The Balaban J connectivity index is 1.32. The molecule has 2 saturated heterocycles. The fraction of sp³-hybridized carbons (Fsp3) is 0.706. The summed E-state index contributed by atoms with van der Waals surface area (Å²) in [6, 6.07) is 2.08. The Morgan fingerprint density at radius 3 is 2.83 bits per heavy atom. The molecule has 0 N–H and O–H groups in total. The smallest absolute Gasteiger partial charge is 0.217 e. The summed E-state index contributed by atoms with van der Waals surface area (Å²) >= 11 is 0. The molecule has 1 aromatic heterocycles. The Morgan fingerprint density at radius 1 is 1.33 bits per heavy atom. The first-order valence-corrected chi connectivity index (χ1v) is 10.1. The zero-order valence-corrected chi connectivity index (χ0v) is 14.8. The lowest BCUT2D eigenvalue weighted by Crippen LogP contribution is -2.67. The highest BCUT2D eigenvalue weighted by molar-refractivity contribution is 7.90. The lowest BCUT2D eigenvalue weighted by atomic mass is 9.86. The highest BCUT2D eigenvalue weighted by atomic mass is 32.2. The number of ether oxygens (including phenoxy) is 2. The Morgan fingerprint density at radius 2 is 2.12 bits per heavy atom. The number of hydrogen-bond acceptors (Lipinski definition) is 5. The van der Waals surface area contributed by atoms with Gasteiger partial charge in [-0.25, -0.2) is 8.42 Å². The molecule has 0 bridgehead atoms. The zero-order chi connectivity index (χ0) is 16.8. The van der Waals surface area contributed by atoms with Crippen molar-refractivity contribution in [3.05, 3.63) is 29.6 Å². The molecule has 0 amide bonds. The summed E-state index contributed by atoms with van der Waals surface area (Å²) < 4.78 is 38.1. The van der Waals surface area contributed by atoms with Crippen molar-refractivity contribution in [3.63, 3.8) is 0 Å². The van der Waals surface area contributed by atoms with Crippen molar-refractivity contribution in [1.82, 2.24) is 9.29 Å². The molecule has 1 saturated carbocycles. The van der Waals surface area contributed by atoms with E-state index < -0.39 is 10.0 Å². The molecular formula is C17H24N2O4S. The van der Waals surface area contributed by atoms with Crippen LogP contribution in [0.2, 0.25) is 0 Å². The molecule has 0 aromatic carbocycles. The van der Waals surface area contributed by atoms with Gasteiger partial charge in [0.25, 0.3) is 0 Å². The largest absolute Gasteiger partial charge is 0.373 e. The third kappa shape index (κ3) is 3.22. The number of pyridine rings is 1. The van der Waals surface area contributed by atoms with Crippen LogP contribution < -0.4 is 0 Å². The zero-order valence-electron chi connectivity index (χ0n) is 14.0. The SMILES string of the molecule is Cc1cncc(COC2CCOC3(C2)CN(S(=O)(=O)C2CC2)C3)c1. The van der Waals surface area contributed by atoms with Crippen molar-refractivity contribution in [3.8, 4) is 0 Å². The van der Waals surface area contributed by atoms with Gasteiger partial charge in [0.1, 0.15) is 0 Å². The lowest BCUT2D eigenvalue weighted by molar-refractivity contribution is -0.180. The third-order valence-corrected chi connectivity index (χ3v) is 7.39. The fourth-order valence-corrected chi connectivity index (χ4v) is 5.59. The first kappa shape index (κ1) is 16.4. The standard InChI is InChI=1S/C17H24N2O4S/c1-13-6-14(9-18-8-13)10-22-15-4-5-23-17(7-15)11-19(12-17)24(20,21)16-2-3-16/h6,8-9,15-16H,2-5,7,10-12H2,1H3. The second-order valence-electron chi connectivity index (χ2n) is 7.34. The minimum atomic E-state index is -3.08. The normalized spacial score (nSPS) is 27.1. The van der Waals surface area contributed by atoms with E-state index in [0.29, 0.717) is 26.3 Å². The Bertz CT molecular complexity index is 711. The lowest BCUT2D eigenvalue weighted by Gasteiger charge is -2.52. The van der Waals surface area contributed by atoms with Crippen LogP contribution in [-0.4, -0.2) is 54.4 Å². The van der Waals surface area contributed by atoms with Crippen LogP contribution in [0, 0.1) is 6.92 Å². The second kappa shape index (κ2) is 6.05. The molecule has 4 rings (SSSR count). The third-order valence-electron chi connectivity index (χ3n) is 5.10. The van der Waals surface area contributed by atoms with Crippen LogP contribution in [0.1, 0.15) is 36.8 Å². The van der Waals surface area contributed by atoms with Crippen LogP contribution in [0.3, 0.4) is 0 Å². The number of aromatic nitrogens is 1. The molecule has 1 atom stereocenters. The van der Waals surface area contributed by atoms with Gasteiger partial charge in [-0.1, -0.05) is 6.07 Å². The number of hydrogen-bond donors (Lipinski definition) is 0. The molecule has 1 spiro atoms. The summed E-state index contributed by atoms with van der Waals surface area (Å²) in [4.78, 5) is 4.19. The van der Waals surface area contributed by atoms with Gasteiger partial charge in [-0.05, 0) is 37.3 Å². The van der Waals surface area contributed by atoms with Crippen LogP contribution >= 0.6 is 0 Å². The molecule has 1 aliphatic carbocycles. The minimum absolute atomic E-state index is 0.116. The summed E-state index contributed by atoms with van der Waals surface area (Å²) in [5.41, 5.74) is 1.86. The van der Waals surface area contributed by atoms with E-state index in [1.807, 2.05) is 19.3 Å². The van der Waals surface area contributed by atoms with E-state index in [0.717, 1.165) is 36.8 Å². The maximum atomic E-state index is 12.3. The van der Waals surface area contributed by atoms with E-state index in [4.69, 9.17) is 9.47 Å². The number of sulfonamides is 1. The number of rotatable bonds is 5. The summed E-state index contributed by atoms with van der Waals surface area (Å²) in [5.74, 6) is 0. The van der Waals surface area contributed by atoms with Crippen molar-refractivity contribution in [2.75, 3.05) is 19.7 Å². The second-order valence-corrected chi connectivity index (χ2v) is 9.55. The number of aryl methyl sites for hydroxylation is 1. The number of nitrogens with zero attached hydrogens (tertiary/aromatic N) is 2. The van der Waals surface area contributed by atoms with Crippen molar-refractivity contribution < 1.29 is 17.9 Å². The Hall–Kier alpha value is -1.02. The predicted molar refractivity (Wildman–Crippen MR) is 89.0 cm³/mol. The van der Waals surface area contributed by atoms with Gasteiger partial charge in [0.2, 0.25) is 10.0 Å². The molecule has 24 heavy (non-hydrogen) atoms. The van der Waals surface area contributed by atoms with Crippen LogP contribution in [0.15, 0.2) is 18.5 Å². The molecule has 1 unspecified atom stereocenters. The van der Waals surface area contributed by atoms with Gasteiger partial charge in [0.05, 0.1) is 23.6 Å². The Labute approximate surface area is 143 Å². The van der Waals surface area contributed by atoms with Gasteiger partial charge in [-0.3, -0.25) is 4.98 Å². The molecular weight excluding hydrogens is 328 g/mol. The molecule has 3 aliphatic rings. The van der Waals surface area contributed by atoms with E-state index >= 15 is 0 Å². The molecule has 6 nitrogen and oxygen atoms in total. The summed E-state index contributed by atoms with van der Waals surface area (Å²) in [7, 11) is -3.08. The van der Waals surface area contributed by atoms with E-state index in [2.05, 4.69) is 11.1 Å². The predicted octanol–water partition coefficient (Wildman–Crippen LogP) is 1.63. The average molecular weight is 352 g/mol. The van der Waals surface area contributed by atoms with Crippen LogP contribution in [0.4, 0.5) is 0 Å². The molecule has 0 radical (unpaired) electrons. The summed E-state index contributed by atoms with van der Waals surface area (Å²) in [6.07, 6.45) is 7.02. The van der Waals surface area contributed by atoms with E-state index in [1.54, 1.807) is 4.31 Å². The molecule has 3 fully saturated rings. The van der Waals surface area contributed by atoms with Crippen molar-refractivity contribution >= 4 is 10.0 Å². The van der Waals surface area contributed by atoms with Gasteiger partial charge in [-0.2, -0.15) is 4.31 Å².